The van der Waals surface area contributed by atoms with Gasteiger partial charge in [-0.1, -0.05) is 19.1 Å². The van der Waals surface area contributed by atoms with E-state index in [9.17, 15) is 5.11 Å². The molecule has 2 aromatic rings. The van der Waals surface area contributed by atoms with Crippen molar-refractivity contribution in [2.45, 2.75) is 19.3 Å². The zero-order valence-corrected chi connectivity index (χ0v) is 9.76. The summed E-state index contributed by atoms with van der Waals surface area (Å²) in [4.78, 5) is 4.21. The number of phenolic OH excluding ortho intramolecular Hbond substituents is 1. The number of benzene rings is 1. The van der Waals surface area contributed by atoms with Crippen molar-refractivity contribution in [3.63, 3.8) is 0 Å². The zero-order valence-electron chi connectivity index (χ0n) is 9.76. The van der Waals surface area contributed by atoms with E-state index in [1.54, 1.807) is 24.4 Å². The van der Waals surface area contributed by atoms with Crippen LogP contribution in [0.3, 0.4) is 0 Å². The lowest BCUT2D eigenvalue weighted by atomic mass is 10.1. The van der Waals surface area contributed by atoms with Gasteiger partial charge in [-0.2, -0.15) is 0 Å². The molecule has 2 rings (SSSR count). The molecule has 0 bridgehead atoms. The molecule has 0 saturated heterocycles. The summed E-state index contributed by atoms with van der Waals surface area (Å²) in [5, 5.41) is 9.36. The summed E-state index contributed by atoms with van der Waals surface area (Å²) in [7, 11) is 0. The average molecular weight is 232 g/mol. The van der Waals surface area contributed by atoms with Gasteiger partial charge in [0.15, 0.2) is 5.89 Å². The van der Waals surface area contributed by atoms with E-state index in [0.29, 0.717) is 18.9 Å². The fourth-order valence-electron chi connectivity index (χ4n) is 1.59. The summed E-state index contributed by atoms with van der Waals surface area (Å²) in [6.07, 6.45) is 2.29. The van der Waals surface area contributed by atoms with Gasteiger partial charge in [0.05, 0.1) is 6.20 Å². The van der Waals surface area contributed by atoms with E-state index < -0.39 is 0 Å². The summed E-state index contributed by atoms with van der Waals surface area (Å²) >= 11 is 0. The number of oxazole rings is 1. The topological polar surface area (TPSA) is 72.3 Å². The smallest absolute Gasteiger partial charge is 0.198 e. The first-order valence-electron chi connectivity index (χ1n) is 5.61. The molecule has 0 spiro atoms. The van der Waals surface area contributed by atoms with Crippen molar-refractivity contribution in [2.75, 3.05) is 6.54 Å². The molecule has 90 valence electrons. The summed E-state index contributed by atoms with van der Waals surface area (Å²) in [6.45, 7) is 2.54. The molecular weight excluding hydrogens is 216 g/mol. The molecule has 0 aliphatic rings. The van der Waals surface area contributed by atoms with Crippen LogP contribution in [-0.2, 0) is 6.42 Å². The highest BCUT2D eigenvalue weighted by atomic mass is 16.4. The van der Waals surface area contributed by atoms with Crippen LogP contribution in [0.15, 0.2) is 34.9 Å². The van der Waals surface area contributed by atoms with Gasteiger partial charge in [-0.25, -0.2) is 4.98 Å². The van der Waals surface area contributed by atoms with Gasteiger partial charge >= 0.3 is 0 Å². The van der Waals surface area contributed by atoms with Crippen LogP contribution in [0.5, 0.6) is 5.75 Å². The predicted molar refractivity (Wildman–Crippen MR) is 64.9 cm³/mol. The number of aromatic nitrogens is 1. The molecule has 1 heterocycles. The second-order valence-electron chi connectivity index (χ2n) is 4.14. The Balaban J connectivity index is 2.11. The summed E-state index contributed by atoms with van der Waals surface area (Å²) in [5.41, 5.74) is 6.54. The fourth-order valence-corrected chi connectivity index (χ4v) is 1.59. The van der Waals surface area contributed by atoms with E-state index in [1.165, 1.54) is 0 Å². The molecule has 0 aliphatic carbocycles. The van der Waals surface area contributed by atoms with Gasteiger partial charge < -0.3 is 15.3 Å². The lowest BCUT2D eigenvalue weighted by molar-refractivity contribution is 0.439. The van der Waals surface area contributed by atoms with E-state index >= 15 is 0 Å². The summed E-state index contributed by atoms with van der Waals surface area (Å²) < 4.78 is 5.61. The van der Waals surface area contributed by atoms with Crippen LogP contribution in [0.2, 0.25) is 0 Å². The fraction of sp³-hybridized carbons (Fsp3) is 0.308. The number of nitrogens with zero attached hydrogens (tertiary/aromatic N) is 1. The Bertz CT molecular complexity index is 494. The molecule has 3 N–H and O–H groups in total. The number of phenols is 1. The zero-order chi connectivity index (χ0) is 12.3. The van der Waals surface area contributed by atoms with Crippen LogP contribution in [0, 0.1) is 0 Å². The van der Waals surface area contributed by atoms with Gasteiger partial charge in [0, 0.05) is 18.9 Å². The third kappa shape index (κ3) is 2.85. The van der Waals surface area contributed by atoms with E-state index in [4.69, 9.17) is 10.2 Å². The maximum atomic E-state index is 9.36. The molecule has 4 nitrogen and oxygen atoms in total. The number of nitrogens with two attached hydrogens (primary N) is 1. The maximum Gasteiger partial charge on any atom is 0.198 e. The third-order valence-electron chi connectivity index (χ3n) is 2.68. The van der Waals surface area contributed by atoms with Crippen molar-refractivity contribution in [3.8, 4) is 5.75 Å². The first-order chi connectivity index (χ1) is 8.19. The minimum absolute atomic E-state index is 0.181. The number of aromatic hydroxyl groups is 1. The molecule has 17 heavy (non-hydrogen) atoms. The molecule has 1 unspecified atom stereocenters. The van der Waals surface area contributed by atoms with E-state index in [-0.39, 0.29) is 11.7 Å². The highest BCUT2D eigenvalue weighted by molar-refractivity contribution is 5.28. The Kier molecular flexibility index (Phi) is 3.44. The van der Waals surface area contributed by atoms with Crippen LogP contribution < -0.4 is 5.73 Å². The maximum absolute atomic E-state index is 9.36. The second kappa shape index (κ2) is 5.01. The lowest BCUT2D eigenvalue weighted by Crippen LogP contribution is -2.07. The normalized spacial score (nSPS) is 12.6. The Morgan fingerprint density at radius 3 is 3.00 bits per heavy atom. The van der Waals surface area contributed by atoms with Crippen LogP contribution >= 0.6 is 0 Å². The van der Waals surface area contributed by atoms with Gasteiger partial charge in [-0.15, -0.1) is 0 Å². The van der Waals surface area contributed by atoms with Crippen molar-refractivity contribution in [2.24, 2.45) is 5.73 Å². The van der Waals surface area contributed by atoms with Gasteiger partial charge in [0.1, 0.15) is 11.5 Å². The number of hydrogen-bond donors (Lipinski definition) is 2. The van der Waals surface area contributed by atoms with E-state index in [2.05, 4.69) is 4.98 Å². The highest BCUT2D eigenvalue weighted by Crippen LogP contribution is 2.18. The molecule has 0 amide bonds. The van der Waals surface area contributed by atoms with Crippen molar-refractivity contribution >= 4 is 0 Å². The van der Waals surface area contributed by atoms with Gasteiger partial charge in [0.2, 0.25) is 0 Å². The van der Waals surface area contributed by atoms with Crippen LogP contribution in [0.4, 0.5) is 0 Å². The standard InChI is InChI=1S/C13H16N2O2/c1-9(7-14)12-8-15-13(17-12)6-10-3-2-4-11(16)5-10/h2-5,8-9,16H,6-7,14H2,1H3. The summed E-state index contributed by atoms with van der Waals surface area (Å²) in [5.74, 6) is 1.89. The molecule has 1 aromatic carbocycles. The Hall–Kier alpha value is -1.81. The van der Waals surface area contributed by atoms with Crippen LogP contribution in [0.25, 0.3) is 0 Å². The van der Waals surface area contributed by atoms with Crippen molar-refractivity contribution < 1.29 is 9.52 Å². The van der Waals surface area contributed by atoms with Crippen molar-refractivity contribution in [3.05, 3.63) is 47.7 Å². The Morgan fingerprint density at radius 2 is 2.29 bits per heavy atom. The van der Waals surface area contributed by atoms with E-state index in [0.717, 1.165) is 11.3 Å². The van der Waals surface area contributed by atoms with Crippen molar-refractivity contribution in [1.29, 1.82) is 0 Å². The molecule has 1 aromatic heterocycles. The highest BCUT2D eigenvalue weighted by Gasteiger charge is 2.10. The monoisotopic (exact) mass is 232 g/mol. The SMILES string of the molecule is CC(CN)c1cnc(Cc2cccc(O)c2)o1. The van der Waals surface area contributed by atoms with Gasteiger partial charge in [0.25, 0.3) is 0 Å². The largest absolute Gasteiger partial charge is 0.508 e. The Morgan fingerprint density at radius 1 is 1.47 bits per heavy atom. The molecule has 1 atom stereocenters. The molecule has 0 aliphatic heterocycles. The first kappa shape index (κ1) is 11.7. The molecule has 4 heteroatoms. The van der Waals surface area contributed by atoms with Crippen molar-refractivity contribution in [1.82, 2.24) is 4.98 Å². The van der Waals surface area contributed by atoms with E-state index in [1.807, 2.05) is 13.0 Å². The number of hydrogen-bond acceptors (Lipinski definition) is 4. The minimum atomic E-state index is 0.181. The first-order valence-corrected chi connectivity index (χ1v) is 5.61. The molecule has 0 fully saturated rings. The van der Waals surface area contributed by atoms with Gasteiger partial charge in [-0.05, 0) is 17.7 Å². The molecule has 0 saturated carbocycles. The lowest BCUT2D eigenvalue weighted by Gasteiger charge is -2.02. The second-order valence-corrected chi connectivity index (χ2v) is 4.14. The summed E-state index contributed by atoms with van der Waals surface area (Å²) in [6, 6.07) is 7.07. The van der Waals surface area contributed by atoms with Crippen LogP contribution in [0.1, 0.15) is 30.1 Å². The predicted octanol–water partition coefficient (Wildman–Crippen LogP) is 2.03. The minimum Gasteiger partial charge on any atom is -0.508 e. The third-order valence-corrected chi connectivity index (χ3v) is 2.68. The van der Waals surface area contributed by atoms with Crippen LogP contribution in [-0.4, -0.2) is 16.6 Å². The Labute approximate surface area is 100 Å². The average Bonchev–Trinajstić information content (AvgIpc) is 2.76. The van der Waals surface area contributed by atoms with Gasteiger partial charge in [-0.3, -0.25) is 0 Å². The quantitative estimate of drug-likeness (QED) is 0.846. The molecular formula is C13H16N2O2. The molecule has 0 radical (unpaired) electrons. The number of rotatable bonds is 4.